The quantitative estimate of drug-likeness (QED) is 0.182. The SMILES string of the molecule is CC(c1ccccc1)N1C(=O)/C(=C\c2ccc(N3N=C(c4ccccc4)CC3c3ccccc3)cc2)SC1=S. The van der Waals surface area contributed by atoms with Gasteiger partial charge in [-0.2, -0.15) is 5.10 Å². The zero-order valence-electron chi connectivity index (χ0n) is 21.5. The number of amides is 1. The van der Waals surface area contributed by atoms with Gasteiger partial charge in [0.05, 0.1) is 28.4 Å². The van der Waals surface area contributed by atoms with Gasteiger partial charge < -0.3 is 0 Å². The summed E-state index contributed by atoms with van der Waals surface area (Å²) in [4.78, 5) is 15.7. The van der Waals surface area contributed by atoms with Crippen molar-refractivity contribution in [3.8, 4) is 0 Å². The minimum Gasteiger partial charge on any atom is -0.286 e. The molecular weight excluding hydrogens is 519 g/mol. The number of thiocarbonyl (C=S) groups is 1. The molecule has 2 heterocycles. The van der Waals surface area contributed by atoms with E-state index in [9.17, 15) is 4.79 Å². The standard InChI is InChI=1S/C33H27N3OS2/c1-23(25-11-5-2-6-12-25)35-32(37)31(39-33(35)38)21-24-17-19-28(20-18-24)36-30(27-15-9-4-10-16-27)22-29(34-36)26-13-7-3-8-14-26/h2-21,23,30H,22H2,1H3/b31-21+. The number of hydrogen-bond donors (Lipinski definition) is 0. The molecule has 2 atom stereocenters. The number of nitrogens with zero attached hydrogens (tertiary/aromatic N) is 3. The molecule has 192 valence electrons. The first-order valence-electron chi connectivity index (χ1n) is 13.0. The summed E-state index contributed by atoms with van der Waals surface area (Å²) in [5, 5.41) is 7.17. The second-order valence-corrected chi connectivity index (χ2v) is 11.3. The van der Waals surface area contributed by atoms with Crippen LogP contribution in [0.25, 0.3) is 6.08 Å². The summed E-state index contributed by atoms with van der Waals surface area (Å²) in [5.74, 6) is -0.0498. The lowest BCUT2D eigenvalue weighted by atomic mass is 9.98. The monoisotopic (exact) mass is 545 g/mol. The van der Waals surface area contributed by atoms with E-state index < -0.39 is 0 Å². The smallest absolute Gasteiger partial charge is 0.266 e. The van der Waals surface area contributed by atoms with Crippen molar-refractivity contribution in [3.05, 3.63) is 142 Å². The third-order valence-corrected chi connectivity index (χ3v) is 8.48. The molecule has 6 heteroatoms. The van der Waals surface area contributed by atoms with E-state index in [1.54, 1.807) is 4.90 Å². The van der Waals surface area contributed by atoms with Gasteiger partial charge in [-0.3, -0.25) is 14.7 Å². The van der Waals surface area contributed by atoms with Crippen molar-refractivity contribution in [1.29, 1.82) is 0 Å². The number of carbonyl (C=O) groups excluding carboxylic acids is 1. The van der Waals surface area contributed by atoms with Crippen molar-refractivity contribution >= 4 is 51.7 Å². The first kappa shape index (κ1) is 25.3. The Hall–Kier alpha value is -4.00. The Morgan fingerprint density at radius 2 is 1.49 bits per heavy atom. The second kappa shape index (κ2) is 11.0. The Kier molecular flexibility index (Phi) is 7.14. The van der Waals surface area contributed by atoms with Gasteiger partial charge in [-0.15, -0.1) is 0 Å². The van der Waals surface area contributed by atoms with Crippen molar-refractivity contribution in [2.24, 2.45) is 5.10 Å². The molecule has 4 aromatic carbocycles. The molecule has 0 bridgehead atoms. The van der Waals surface area contributed by atoms with Crippen LogP contribution in [0.5, 0.6) is 0 Å². The molecule has 39 heavy (non-hydrogen) atoms. The van der Waals surface area contributed by atoms with Crippen molar-refractivity contribution in [1.82, 2.24) is 4.90 Å². The molecule has 0 saturated carbocycles. The summed E-state index contributed by atoms with van der Waals surface area (Å²) in [6.07, 6.45) is 2.76. The topological polar surface area (TPSA) is 35.9 Å². The first-order chi connectivity index (χ1) is 19.1. The van der Waals surface area contributed by atoms with Crippen LogP contribution in [0.2, 0.25) is 0 Å². The lowest BCUT2D eigenvalue weighted by molar-refractivity contribution is -0.123. The number of thioether (sulfide) groups is 1. The summed E-state index contributed by atoms with van der Waals surface area (Å²) in [6, 6.07) is 39.1. The van der Waals surface area contributed by atoms with E-state index in [1.807, 2.05) is 67.6 Å². The van der Waals surface area contributed by atoms with Crippen LogP contribution in [0.3, 0.4) is 0 Å². The molecule has 0 aliphatic carbocycles. The Morgan fingerprint density at radius 3 is 2.15 bits per heavy atom. The van der Waals surface area contributed by atoms with Crippen molar-refractivity contribution in [3.63, 3.8) is 0 Å². The van der Waals surface area contributed by atoms with Crippen LogP contribution in [-0.2, 0) is 4.79 Å². The summed E-state index contributed by atoms with van der Waals surface area (Å²) in [6.45, 7) is 2.02. The number of rotatable bonds is 6. The van der Waals surface area contributed by atoms with E-state index in [1.165, 1.54) is 17.3 Å². The normalized spacial score (nSPS) is 19.1. The second-order valence-electron chi connectivity index (χ2n) is 9.62. The summed E-state index contributed by atoms with van der Waals surface area (Å²) >= 11 is 6.96. The van der Waals surface area contributed by atoms with Crippen molar-refractivity contribution in [2.45, 2.75) is 25.4 Å². The predicted molar refractivity (Wildman–Crippen MR) is 166 cm³/mol. The molecule has 1 saturated heterocycles. The summed E-state index contributed by atoms with van der Waals surface area (Å²) in [5.41, 5.74) is 6.47. The number of hydrogen-bond acceptors (Lipinski definition) is 5. The van der Waals surface area contributed by atoms with E-state index in [4.69, 9.17) is 17.3 Å². The highest BCUT2D eigenvalue weighted by atomic mass is 32.2. The van der Waals surface area contributed by atoms with Crippen LogP contribution in [0.1, 0.15) is 47.7 Å². The van der Waals surface area contributed by atoms with E-state index in [0.717, 1.165) is 34.5 Å². The number of carbonyl (C=O) groups is 1. The fraction of sp³-hybridized carbons (Fsp3) is 0.121. The molecule has 2 unspecified atom stereocenters. The van der Waals surface area contributed by atoms with Gasteiger partial charge in [-0.05, 0) is 47.4 Å². The fourth-order valence-electron chi connectivity index (χ4n) is 5.06. The van der Waals surface area contributed by atoms with Gasteiger partial charge in [0.15, 0.2) is 0 Å². The Bertz CT molecular complexity index is 1550. The molecular formula is C33H27N3OS2. The summed E-state index contributed by atoms with van der Waals surface area (Å²) in [7, 11) is 0. The highest BCUT2D eigenvalue weighted by Gasteiger charge is 2.36. The molecule has 0 radical (unpaired) electrons. The lowest BCUT2D eigenvalue weighted by Gasteiger charge is -2.24. The molecule has 4 nitrogen and oxygen atoms in total. The third kappa shape index (κ3) is 5.18. The molecule has 0 spiro atoms. The minimum atomic E-state index is -0.117. The Morgan fingerprint density at radius 1 is 0.872 bits per heavy atom. The number of anilines is 1. The molecule has 1 fully saturated rings. The van der Waals surface area contributed by atoms with Gasteiger partial charge in [-0.1, -0.05) is 127 Å². The number of benzene rings is 4. The maximum absolute atomic E-state index is 13.3. The molecule has 1 amide bonds. The highest BCUT2D eigenvalue weighted by molar-refractivity contribution is 8.26. The third-order valence-electron chi connectivity index (χ3n) is 7.15. The average Bonchev–Trinajstić information content (AvgIpc) is 3.55. The molecule has 4 aromatic rings. The fourth-order valence-corrected chi connectivity index (χ4v) is 6.48. The van der Waals surface area contributed by atoms with Crippen LogP contribution >= 0.6 is 24.0 Å². The predicted octanol–water partition coefficient (Wildman–Crippen LogP) is 8.00. The van der Waals surface area contributed by atoms with Gasteiger partial charge in [-0.25, -0.2) is 0 Å². The van der Waals surface area contributed by atoms with Crippen molar-refractivity contribution < 1.29 is 4.79 Å². The summed E-state index contributed by atoms with van der Waals surface area (Å²) < 4.78 is 0.588. The van der Waals surface area contributed by atoms with Gasteiger partial charge >= 0.3 is 0 Å². The van der Waals surface area contributed by atoms with E-state index in [2.05, 4.69) is 65.7 Å². The van der Waals surface area contributed by atoms with E-state index >= 15 is 0 Å². The maximum Gasteiger partial charge on any atom is 0.266 e. The van der Waals surface area contributed by atoms with Crippen molar-refractivity contribution in [2.75, 3.05) is 5.01 Å². The van der Waals surface area contributed by atoms with E-state index in [-0.39, 0.29) is 18.0 Å². The minimum absolute atomic E-state index is 0.0498. The maximum atomic E-state index is 13.3. The largest absolute Gasteiger partial charge is 0.286 e. The molecule has 6 rings (SSSR count). The van der Waals surface area contributed by atoms with Crippen LogP contribution in [0, 0.1) is 0 Å². The molecule has 0 N–H and O–H groups in total. The van der Waals surface area contributed by atoms with Gasteiger partial charge in [0.25, 0.3) is 5.91 Å². The van der Waals surface area contributed by atoms with Gasteiger partial charge in [0.1, 0.15) is 4.32 Å². The zero-order valence-corrected chi connectivity index (χ0v) is 23.1. The lowest BCUT2D eigenvalue weighted by Crippen LogP contribution is -2.30. The molecule has 2 aliphatic rings. The molecule has 0 aromatic heterocycles. The van der Waals surface area contributed by atoms with E-state index in [0.29, 0.717) is 9.23 Å². The molecule has 2 aliphatic heterocycles. The Balaban J connectivity index is 1.25. The van der Waals surface area contributed by atoms with Gasteiger partial charge in [0, 0.05) is 6.42 Å². The van der Waals surface area contributed by atoms with Crippen LogP contribution in [0.15, 0.2) is 125 Å². The highest BCUT2D eigenvalue weighted by Crippen LogP contribution is 2.39. The average molecular weight is 546 g/mol. The van der Waals surface area contributed by atoms with Crippen LogP contribution < -0.4 is 5.01 Å². The van der Waals surface area contributed by atoms with Crippen LogP contribution in [0.4, 0.5) is 5.69 Å². The van der Waals surface area contributed by atoms with Gasteiger partial charge in [0.2, 0.25) is 0 Å². The first-order valence-corrected chi connectivity index (χ1v) is 14.2. The Labute approximate surface area is 238 Å². The number of hydrazone groups is 1. The zero-order chi connectivity index (χ0) is 26.8. The van der Waals surface area contributed by atoms with Crippen LogP contribution in [-0.4, -0.2) is 20.8 Å².